The summed E-state index contributed by atoms with van der Waals surface area (Å²) in [6.07, 6.45) is 8.06. The van der Waals surface area contributed by atoms with Crippen LogP contribution in [-0.4, -0.2) is 23.0 Å². The van der Waals surface area contributed by atoms with Crippen molar-refractivity contribution in [3.63, 3.8) is 0 Å². The van der Waals surface area contributed by atoms with Crippen LogP contribution in [0.3, 0.4) is 0 Å². The average molecular weight is 195 g/mol. The zero-order valence-electron chi connectivity index (χ0n) is 7.82. The van der Waals surface area contributed by atoms with Gasteiger partial charge in [-0.15, -0.1) is 6.42 Å². The summed E-state index contributed by atoms with van der Waals surface area (Å²) in [5, 5.41) is 11.4. The maximum absolute atomic E-state index is 10.9. The van der Waals surface area contributed by atoms with Gasteiger partial charge in [-0.3, -0.25) is 9.59 Å². The Bertz CT molecular complexity index is 280. The summed E-state index contributed by atoms with van der Waals surface area (Å²) in [6.45, 7) is 0. The number of carboxylic acid groups (broad SMARTS) is 1. The van der Waals surface area contributed by atoms with Crippen molar-refractivity contribution in [3.8, 4) is 12.3 Å². The fourth-order valence-corrected chi connectivity index (χ4v) is 1.81. The lowest BCUT2D eigenvalue weighted by atomic mass is 9.84. The maximum Gasteiger partial charge on any atom is 0.308 e. The Morgan fingerprint density at radius 3 is 2.57 bits per heavy atom. The summed E-state index contributed by atoms with van der Waals surface area (Å²) < 4.78 is 0. The molecular formula is C10H13NO3. The zero-order valence-corrected chi connectivity index (χ0v) is 7.82. The minimum atomic E-state index is -0.855. The summed E-state index contributed by atoms with van der Waals surface area (Å²) in [4.78, 5) is 21.7. The highest BCUT2D eigenvalue weighted by Crippen LogP contribution is 2.24. The lowest BCUT2D eigenvalue weighted by Gasteiger charge is -2.28. The quantitative estimate of drug-likeness (QED) is 0.626. The average Bonchev–Trinajstić information content (AvgIpc) is 2.18. The highest BCUT2D eigenvalue weighted by atomic mass is 16.4. The molecule has 14 heavy (non-hydrogen) atoms. The topological polar surface area (TPSA) is 66.4 Å². The number of carbonyl (C=O) groups is 2. The van der Waals surface area contributed by atoms with Gasteiger partial charge in [0, 0.05) is 6.04 Å². The van der Waals surface area contributed by atoms with E-state index < -0.39 is 17.8 Å². The van der Waals surface area contributed by atoms with E-state index in [0.29, 0.717) is 12.8 Å². The molecule has 0 aromatic rings. The molecule has 0 aliphatic heterocycles. The Balaban J connectivity index is 2.59. The van der Waals surface area contributed by atoms with E-state index in [1.807, 2.05) is 5.92 Å². The first kappa shape index (κ1) is 10.6. The van der Waals surface area contributed by atoms with Crippen molar-refractivity contribution in [1.29, 1.82) is 0 Å². The Morgan fingerprint density at radius 1 is 1.36 bits per heavy atom. The van der Waals surface area contributed by atoms with Gasteiger partial charge in [0.05, 0.1) is 5.92 Å². The molecule has 0 spiro atoms. The van der Waals surface area contributed by atoms with Gasteiger partial charge in [0.1, 0.15) is 0 Å². The zero-order chi connectivity index (χ0) is 10.6. The molecule has 2 unspecified atom stereocenters. The summed E-state index contributed by atoms with van der Waals surface area (Å²) >= 11 is 0. The largest absolute Gasteiger partial charge is 0.481 e. The molecule has 1 amide bonds. The highest BCUT2D eigenvalue weighted by Gasteiger charge is 2.31. The third-order valence-electron chi connectivity index (χ3n) is 2.53. The third-order valence-corrected chi connectivity index (χ3v) is 2.53. The normalized spacial score (nSPS) is 26.2. The molecule has 2 N–H and O–H groups in total. The molecular weight excluding hydrogens is 182 g/mol. The highest BCUT2D eigenvalue weighted by molar-refractivity contribution is 5.93. The first-order valence-electron chi connectivity index (χ1n) is 4.65. The minimum absolute atomic E-state index is 0.301. The lowest BCUT2D eigenvalue weighted by molar-refractivity contribution is -0.144. The van der Waals surface area contributed by atoms with Crippen LogP contribution in [0.15, 0.2) is 0 Å². The number of hydrogen-bond acceptors (Lipinski definition) is 2. The minimum Gasteiger partial charge on any atom is -0.481 e. The van der Waals surface area contributed by atoms with E-state index in [1.54, 1.807) is 0 Å². The molecule has 0 aromatic carbocycles. The van der Waals surface area contributed by atoms with Crippen molar-refractivity contribution in [2.24, 2.45) is 5.92 Å². The number of rotatable bonds is 2. The molecule has 1 fully saturated rings. The van der Waals surface area contributed by atoms with E-state index in [-0.39, 0.29) is 6.04 Å². The van der Waals surface area contributed by atoms with Crippen LogP contribution in [0.2, 0.25) is 0 Å². The fraction of sp³-hybridized carbons (Fsp3) is 0.600. The van der Waals surface area contributed by atoms with Gasteiger partial charge >= 0.3 is 5.97 Å². The van der Waals surface area contributed by atoms with Crippen molar-refractivity contribution in [3.05, 3.63) is 0 Å². The Hall–Kier alpha value is -1.50. The number of carbonyl (C=O) groups excluding carboxylic acids is 1. The number of hydrogen-bond donors (Lipinski definition) is 2. The standard InChI is InChI=1S/C10H13NO3/c1-2-9(12)11-8-6-4-3-5-7(8)10(13)14/h1,7-8H,3-6H2,(H,11,12)(H,13,14). The molecule has 4 nitrogen and oxygen atoms in total. The second-order valence-electron chi connectivity index (χ2n) is 3.45. The molecule has 1 saturated carbocycles. The molecule has 1 aliphatic carbocycles. The summed E-state index contributed by atoms with van der Waals surface area (Å²) in [5.74, 6) is 0.0642. The summed E-state index contributed by atoms with van der Waals surface area (Å²) in [7, 11) is 0. The lowest BCUT2D eigenvalue weighted by Crippen LogP contribution is -2.44. The van der Waals surface area contributed by atoms with Gasteiger partial charge in [0.25, 0.3) is 5.91 Å². The number of carboxylic acids is 1. The summed E-state index contributed by atoms with van der Waals surface area (Å²) in [5.41, 5.74) is 0. The van der Waals surface area contributed by atoms with E-state index >= 15 is 0 Å². The Kier molecular flexibility index (Phi) is 3.52. The molecule has 0 radical (unpaired) electrons. The van der Waals surface area contributed by atoms with Gasteiger partial charge in [0.15, 0.2) is 0 Å². The van der Waals surface area contributed by atoms with Crippen LogP contribution in [0.4, 0.5) is 0 Å². The van der Waals surface area contributed by atoms with Crippen LogP contribution >= 0.6 is 0 Å². The molecule has 1 aliphatic rings. The fourth-order valence-electron chi connectivity index (χ4n) is 1.81. The molecule has 0 bridgehead atoms. The van der Waals surface area contributed by atoms with Crippen molar-refractivity contribution in [2.75, 3.05) is 0 Å². The van der Waals surface area contributed by atoms with E-state index in [9.17, 15) is 9.59 Å². The molecule has 0 aromatic heterocycles. The predicted molar refractivity (Wildman–Crippen MR) is 50.4 cm³/mol. The molecule has 2 atom stereocenters. The number of amides is 1. The number of terminal acetylenes is 1. The third kappa shape index (κ3) is 2.49. The SMILES string of the molecule is C#CC(=O)NC1CCCCC1C(=O)O. The van der Waals surface area contributed by atoms with Crippen LogP contribution in [0.25, 0.3) is 0 Å². The van der Waals surface area contributed by atoms with Crippen molar-refractivity contribution >= 4 is 11.9 Å². The Labute approximate surface area is 82.7 Å². The second-order valence-corrected chi connectivity index (χ2v) is 3.45. The summed E-state index contributed by atoms with van der Waals surface area (Å²) in [6, 6.07) is -0.301. The second kappa shape index (κ2) is 4.66. The van der Waals surface area contributed by atoms with E-state index in [0.717, 1.165) is 12.8 Å². The van der Waals surface area contributed by atoms with Gasteiger partial charge in [-0.25, -0.2) is 0 Å². The van der Waals surface area contributed by atoms with Gasteiger partial charge in [-0.2, -0.15) is 0 Å². The molecule has 76 valence electrons. The monoisotopic (exact) mass is 195 g/mol. The Morgan fingerprint density at radius 2 is 2.00 bits per heavy atom. The van der Waals surface area contributed by atoms with Crippen molar-refractivity contribution in [1.82, 2.24) is 5.32 Å². The van der Waals surface area contributed by atoms with Gasteiger partial charge < -0.3 is 10.4 Å². The van der Waals surface area contributed by atoms with Gasteiger partial charge in [-0.1, -0.05) is 12.8 Å². The molecule has 0 saturated heterocycles. The smallest absolute Gasteiger partial charge is 0.308 e. The van der Waals surface area contributed by atoms with Gasteiger partial charge in [0.2, 0.25) is 0 Å². The van der Waals surface area contributed by atoms with Crippen LogP contribution in [0.5, 0.6) is 0 Å². The van der Waals surface area contributed by atoms with Crippen LogP contribution in [-0.2, 0) is 9.59 Å². The maximum atomic E-state index is 10.9. The molecule has 0 heterocycles. The first-order valence-corrected chi connectivity index (χ1v) is 4.65. The van der Waals surface area contributed by atoms with Crippen molar-refractivity contribution < 1.29 is 14.7 Å². The van der Waals surface area contributed by atoms with Gasteiger partial charge in [-0.05, 0) is 18.8 Å². The van der Waals surface area contributed by atoms with E-state index in [4.69, 9.17) is 11.5 Å². The number of nitrogens with one attached hydrogen (secondary N) is 1. The van der Waals surface area contributed by atoms with E-state index in [1.165, 1.54) is 0 Å². The number of aliphatic carboxylic acids is 1. The van der Waals surface area contributed by atoms with E-state index in [2.05, 4.69) is 5.32 Å². The molecule has 1 rings (SSSR count). The molecule has 4 heteroatoms. The first-order chi connectivity index (χ1) is 6.65. The van der Waals surface area contributed by atoms with Crippen molar-refractivity contribution in [2.45, 2.75) is 31.7 Å². The predicted octanol–water partition coefficient (Wildman–Crippen LogP) is 0.379. The van der Waals surface area contributed by atoms with Crippen LogP contribution in [0.1, 0.15) is 25.7 Å². The van der Waals surface area contributed by atoms with Crippen LogP contribution < -0.4 is 5.32 Å². The van der Waals surface area contributed by atoms with Crippen LogP contribution in [0, 0.1) is 18.3 Å².